The van der Waals surface area contributed by atoms with E-state index in [4.69, 9.17) is 4.74 Å². The highest BCUT2D eigenvalue weighted by Crippen LogP contribution is 2.24. The fraction of sp³-hybridized carbons (Fsp3) is 0.357. The molecule has 0 aliphatic carbocycles. The van der Waals surface area contributed by atoms with E-state index in [2.05, 4.69) is 15.4 Å². The van der Waals surface area contributed by atoms with Gasteiger partial charge in [0.1, 0.15) is 0 Å². The van der Waals surface area contributed by atoms with Gasteiger partial charge in [-0.3, -0.25) is 9.78 Å². The topological polar surface area (TPSA) is 69.0 Å². The molecule has 0 saturated heterocycles. The van der Waals surface area contributed by atoms with E-state index in [-0.39, 0.29) is 5.91 Å². The molecule has 0 spiro atoms. The Morgan fingerprint density at radius 3 is 3.20 bits per heavy atom. The van der Waals surface area contributed by atoms with Crippen LogP contribution in [0.1, 0.15) is 28.0 Å². The molecule has 1 N–H and O–H groups in total. The number of amides is 1. The molecule has 6 heteroatoms. The fourth-order valence-corrected chi connectivity index (χ4v) is 2.24. The quantitative estimate of drug-likeness (QED) is 0.914. The van der Waals surface area contributed by atoms with Crippen LogP contribution in [0, 0.1) is 6.92 Å². The number of carbonyl (C=O) groups is 1. The molecule has 1 amide bonds. The minimum atomic E-state index is -0.183. The molecular formula is C14H16N4O2. The molecule has 0 fully saturated rings. The number of hydrogen-bond donors (Lipinski definition) is 1. The van der Waals surface area contributed by atoms with Gasteiger partial charge in [-0.1, -0.05) is 6.07 Å². The van der Waals surface area contributed by atoms with Gasteiger partial charge in [0.25, 0.3) is 5.91 Å². The standard InChI is InChI=1S/C14H16N4O2/c1-10-12(17-18-6-3-7-20-14(10)18)13(19)16-9-11-4-2-5-15-8-11/h2,4-5,8H,3,6-7,9H2,1H3,(H,16,19). The van der Waals surface area contributed by atoms with Crippen molar-refractivity contribution in [2.24, 2.45) is 0 Å². The normalized spacial score (nSPS) is 13.4. The summed E-state index contributed by atoms with van der Waals surface area (Å²) >= 11 is 0. The van der Waals surface area contributed by atoms with Gasteiger partial charge in [-0.25, -0.2) is 4.68 Å². The monoisotopic (exact) mass is 272 g/mol. The summed E-state index contributed by atoms with van der Waals surface area (Å²) in [7, 11) is 0. The van der Waals surface area contributed by atoms with E-state index in [1.165, 1.54) is 0 Å². The first-order valence-corrected chi connectivity index (χ1v) is 6.63. The van der Waals surface area contributed by atoms with Crippen LogP contribution in [-0.2, 0) is 13.1 Å². The SMILES string of the molecule is Cc1c(C(=O)NCc2cccnc2)nn2c1OCCC2. The molecule has 0 radical (unpaired) electrons. The first kappa shape index (κ1) is 12.7. The molecule has 0 bridgehead atoms. The molecule has 0 atom stereocenters. The van der Waals surface area contributed by atoms with Crippen LogP contribution >= 0.6 is 0 Å². The van der Waals surface area contributed by atoms with Crippen LogP contribution in [0.25, 0.3) is 0 Å². The average Bonchev–Trinajstić information content (AvgIpc) is 2.84. The van der Waals surface area contributed by atoms with Crippen molar-refractivity contribution in [3.05, 3.63) is 41.3 Å². The number of aryl methyl sites for hydroxylation is 1. The van der Waals surface area contributed by atoms with Crippen LogP contribution in [0.5, 0.6) is 5.88 Å². The van der Waals surface area contributed by atoms with Crippen LogP contribution < -0.4 is 10.1 Å². The zero-order valence-corrected chi connectivity index (χ0v) is 11.3. The van der Waals surface area contributed by atoms with Gasteiger partial charge in [0.05, 0.1) is 6.61 Å². The van der Waals surface area contributed by atoms with Crippen molar-refractivity contribution < 1.29 is 9.53 Å². The Labute approximate surface area is 116 Å². The third-order valence-corrected chi connectivity index (χ3v) is 3.28. The Bertz CT molecular complexity index is 622. The first-order chi connectivity index (χ1) is 9.75. The Morgan fingerprint density at radius 2 is 2.45 bits per heavy atom. The summed E-state index contributed by atoms with van der Waals surface area (Å²) in [6.07, 6.45) is 4.36. The number of carbonyl (C=O) groups excluding carboxylic acids is 1. The highest BCUT2D eigenvalue weighted by molar-refractivity contribution is 5.94. The molecule has 6 nitrogen and oxygen atoms in total. The zero-order valence-electron chi connectivity index (χ0n) is 11.3. The third kappa shape index (κ3) is 2.36. The molecule has 104 valence electrons. The van der Waals surface area contributed by atoms with Crippen LogP contribution in [0.2, 0.25) is 0 Å². The lowest BCUT2D eigenvalue weighted by Gasteiger charge is -2.14. The molecule has 2 aromatic rings. The van der Waals surface area contributed by atoms with Gasteiger partial charge < -0.3 is 10.1 Å². The maximum absolute atomic E-state index is 12.2. The minimum absolute atomic E-state index is 0.183. The first-order valence-electron chi connectivity index (χ1n) is 6.63. The zero-order chi connectivity index (χ0) is 13.9. The van der Waals surface area contributed by atoms with Gasteiger partial charge in [-0.15, -0.1) is 0 Å². The molecular weight excluding hydrogens is 256 g/mol. The van der Waals surface area contributed by atoms with Crippen molar-refractivity contribution in [2.45, 2.75) is 26.4 Å². The summed E-state index contributed by atoms with van der Waals surface area (Å²) in [5, 5.41) is 7.18. The van der Waals surface area contributed by atoms with E-state index < -0.39 is 0 Å². The number of aromatic nitrogens is 3. The second kappa shape index (κ2) is 5.32. The molecule has 0 saturated carbocycles. The van der Waals surface area contributed by atoms with Crippen molar-refractivity contribution in [3.8, 4) is 5.88 Å². The van der Waals surface area contributed by atoms with Gasteiger partial charge in [-0.2, -0.15) is 5.10 Å². The number of hydrogen-bond acceptors (Lipinski definition) is 4. The average molecular weight is 272 g/mol. The molecule has 20 heavy (non-hydrogen) atoms. The van der Waals surface area contributed by atoms with Crippen LogP contribution in [0.3, 0.4) is 0 Å². The minimum Gasteiger partial charge on any atom is -0.478 e. The summed E-state index contributed by atoms with van der Waals surface area (Å²) in [5.74, 6) is 0.527. The van der Waals surface area contributed by atoms with Gasteiger partial charge in [-0.05, 0) is 18.6 Å². The van der Waals surface area contributed by atoms with E-state index in [1.54, 1.807) is 17.1 Å². The van der Waals surface area contributed by atoms with Gasteiger partial charge in [0.15, 0.2) is 5.69 Å². The van der Waals surface area contributed by atoms with E-state index >= 15 is 0 Å². The largest absolute Gasteiger partial charge is 0.478 e. The van der Waals surface area contributed by atoms with E-state index in [1.807, 2.05) is 19.1 Å². The summed E-state index contributed by atoms with van der Waals surface area (Å²) in [4.78, 5) is 16.2. The lowest BCUT2D eigenvalue weighted by molar-refractivity contribution is 0.0944. The molecule has 0 aromatic carbocycles. The Kier molecular flexibility index (Phi) is 3.37. The lowest BCUT2D eigenvalue weighted by Crippen LogP contribution is -2.24. The number of nitrogens with zero attached hydrogens (tertiary/aromatic N) is 3. The molecule has 3 rings (SSSR count). The van der Waals surface area contributed by atoms with Crippen molar-refractivity contribution in [1.82, 2.24) is 20.1 Å². The lowest BCUT2D eigenvalue weighted by atomic mass is 10.2. The van der Waals surface area contributed by atoms with Crippen molar-refractivity contribution in [3.63, 3.8) is 0 Å². The Morgan fingerprint density at radius 1 is 1.55 bits per heavy atom. The fourth-order valence-electron chi connectivity index (χ4n) is 2.24. The number of nitrogens with one attached hydrogen (secondary N) is 1. The maximum atomic E-state index is 12.2. The number of pyridine rings is 1. The number of rotatable bonds is 3. The molecule has 0 unspecified atom stereocenters. The summed E-state index contributed by atoms with van der Waals surface area (Å²) in [6.45, 7) is 3.79. The summed E-state index contributed by atoms with van der Waals surface area (Å²) in [5.41, 5.74) is 2.19. The maximum Gasteiger partial charge on any atom is 0.272 e. The number of ether oxygens (including phenoxy) is 1. The number of fused-ring (bicyclic) bond motifs is 1. The van der Waals surface area contributed by atoms with E-state index in [0.29, 0.717) is 24.7 Å². The second-order valence-electron chi connectivity index (χ2n) is 4.75. The molecule has 2 aromatic heterocycles. The van der Waals surface area contributed by atoms with E-state index in [0.717, 1.165) is 24.1 Å². The molecule has 3 heterocycles. The summed E-state index contributed by atoms with van der Waals surface area (Å²) in [6, 6.07) is 3.76. The molecule has 1 aliphatic rings. The van der Waals surface area contributed by atoms with Gasteiger partial charge in [0.2, 0.25) is 5.88 Å². The van der Waals surface area contributed by atoms with Crippen molar-refractivity contribution in [1.29, 1.82) is 0 Å². The van der Waals surface area contributed by atoms with Gasteiger partial charge >= 0.3 is 0 Å². The van der Waals surface area contributed by atoms with Crippen LogP contribution in [0.15, 0.2) is 24.5 Å². The Hall–Kier alpha value is -2.37. The predicted molar refractivity (Wildman–Crippen MR) is 72.5 cm³/mol. The van der Waals surface area contributed by atoms with E-state index in [9.17, 15) is 4.79 Å². The molecule has 1 aliphatic heterocycles. The van der Waals surface area contributed by atoms with Gasteiger partial charge in [0, 0.05) is 37.5 Å². The van der Waals surface area contributed by atoms with Crippen LogP contribution in [0.4, 0.5) is 0 Å². The Balaban J connectivity index is 1.73. The third-order valence-electron chi connectivity index (χ3n) is 3.28. The predicted octanol–water partition coefficient (Wildman–Crippen LogP) is 1.30. The second-order valence-corrected chi connectivity index (χ2v) is 4.75. The smallest absolute Gasteiger partial charge is 0.272 e. The highest BCUT2D eigenvalue weighted by atomic mass is 16.5. The van der Waals surface area contributed by atoms with Crippen LogP contribution in [-0.4, -0.2) is 27.3 Å². The summed E-state index contributed by atoms with van der Waals surface area (Å²) < 4.78 is 7.32. The highest BCUT2D eigenvalue weighted by Gasteiger charge is 2.22. The van der Waals surface area contributed by atoms with Crippen molar-refractivity contribution in [2.75, 3.05) is 6.61 Å². The van der Waals surface area contributed by atoms with Crippen molar-refractivity contribution >= 4 is 5.91 Å².